The van der Waals surface area contributed by atoms with E-state index in [0.29, 0.717) is 16.7 Å². The van der Waals surface area contributed by atoms with Crippen LogP contribution in [0.5, 0.6) is 0 Å². The Kier molecular flexibility index (Phi) is 3.10. The van der Waals surface area contributed by atoms with E-state index < -0.39 is 12.7 Å². The van der Waals surface area contributed by atoms with E-state index in [0.717, 1.165) is 53.3 Å². The van der Waals surface area contributed by atoms with Crippen LogP contribution in [0, 0.1) is 12.3 Å². The van der Waals surface area contributed by atoms with E-state index in [-0.39, 0.29) is 5.69 Å². The van der Waals surface area contributed by atoms with Crippen LogP contribution in [0.1, 0.15) is 62.2 Å². The Morgan fingerprint density at radius 3 is 2.79 bits per heavy atom. The number of furan rings is 1. The van der Waals surface area contributed by atoms with Crippen LogP contribution in [-0.2, 0) is 0 Å². The molecule has 0 atom stereocenters. The lowest BCUT2D eigenvalue weighted by atomic mass is 9.71. The van der Waals surface area contributed by atoms with Crippen molar-refractivity contribution < 1.29 is 9.90 Å². The first-order valence-corrected chi connectivity index (χ1v) is 9.86. The minimum absolute atomic E-state index is 0.0158. The topological polar surface area (TPSA) is 38.9 Å². The number of nitrogens with zero attached hydrogens (tertiary/aromatic N) is 2. The largest absolute Gasteiger partial charge is 0.437 e. The third-order valence-corrected chi connectivity index (χ3v) is 6.02. The Hall–Kier alpha value is -2.68. The van der Waals surface area contributed by atoms with Gasteiger partial charge in [0, 0.05) is 33.7 Å². The van der Waals surface area contributed by atoms with Gasteiger partial charge in [-0.05, 0) is 79.7 Å². The molecule has 3 nitrogen and oxygen atoms in total. The molecule has 1 aliphatic carbocycles. The molecule has 3 heteroatoms. The highest BCUT2D eigenvalue weighted by Crippen LogP contribution is 2.43. The van der Waals surface area contributed by atoms with Gasteiger partial charge in [-0.2, -0.15) is 0 Å². The van der Waals surface area contributed by atoms with Gasteiger partial charge in [0.05, 0.1) is 5.69 Å². The molecule has 1 aromatic carbocycles. The second-order valence-electron chi connectivity index (χ2n) is 8.53. The average molecular weight is 375 g/mol. The normalized spacial score (nSPS) is 21.1. The number of aryl methyl sites for hydroxylation is 1. The highest BCUT2D eigenvalue weighted by atomic mass is 16.3. The maximum atomic E-state index is 9.12. The summed E-state index contributed by atoms with van der Waals surface area (Å²) in [4.78, 5) is 8.84. The summed E-state index contributed by atoms with van der Waals surface area (Å²) in [6.07, 6.45) is 5.50. The number of hydrogen-bond donors (Lipinski definition) is 0. The van der Waals surface area contributed by atoms with E-state index in [1.54, 1.807) is 12.3 Å². The second-order valence-corrected chi connectivity index (χ2v) is 8.53. The summed E-state index contributed by atoms with van der Waals surface area (Å²) in [7, 11) is 0. The monoisotopic (exact) mass is 374 g/mol. The molecule has 0 aliphatic heterocycles. The van der Waals surface area contributed by atoms with Gasteiger partial charge in [-0.3, -0.25) is 4.98 Å². The number of benzene rings is 1. The molecule has 3 aromatic heterocycles. The Balaban J connectivity index is 1.60. The van der Waals surface area contributed by atoms with Crippen molar-refractivity contribution >= 4 is 22.1 Å². The zero-order valence-corrected chi connectivity index (χ0v) is 16.2. The molecular weight excluding hydrogens is 344 g/mol. The lowest BCUT2D eigenvalue weighted by Gasteiger charge is -2.34. The van der Waals surface area contributed by atoms with Crippen LogP contribution in [0.3, 0.4) is 0 Å². The highest BCUT2D eigenvalue weighted by Gasteiger charge is 2.28. The van der Waals surface area contributed by atoms with E-state index >= 15 is 0 Å². The lowest BCUT2D eigenvalue weighted by Crippen LogP contribution is -2.20. The van der Waals surface area contributed by atoms with E-state index in [1.807, 2.05) is 30.3 Å². The van der Waals surface area contributed by atoms with Gasteiger partial charge < -0.3 is 4.42 Å². The number of pyridine rings is 2. The van der Waals surface area contributed by atoms with Crippen LogP contribution in [-0.4, -0.2) is 9.97 Å². The van der Waals surface area contributed by atoms with Crippen LogP contribution in [0.15, 0.2) is 53.1 Å². The molecule has 0 amide bonds. The van der Waals surface area contributed by atoms with Crippen LogP contribution >= 0.6 is 0 Å². The second kappa shape index (κ2) is 6.44. The molecule has 0 N–H and O–H groups in total. The summed E-state index contributed by atoms with van der Waals surface area (Å²) >= 11 is 0. The molecular formula is C25H26N2O. The van der Waals surface area contributed by atoms with Crippen molar-refractivity contribution in [3.05, 3.63) is 59.9 Å². The molecule has 0 radical (unpaired) electrons. The van der Waals surface area contributed by atoms with Gasteiger partial charge in [0.25, 0.3) is 0 Å². The fraction of sp³-hybridized carbons (Fsp3) is 0.360. The van der Waals surface area contributed by atoms with Gasteiger partial charge >= 0.3 is 0 Å². The van der Waals surface area contributed by atoms with Crippen LogP contribution in [0.25, 0.3) is 33.3 Å². The van der Waals surface area contributed by atoms with Gasteiger partial charge in [0.2, 0.25) is 5.71 Å². The Labute approximate surface area is 171 Å². The van der Waals surface area contributed by atoms with E-state index in [9.17, 15) is 0 Å². The average Bonchev–Trinajstić information content (AvgIpc) is 3.13. The smallest absolute Gasteiger partial charge is 0.227 e. The number of para-hydroxylation sites is 1. The predicted octanol–water partition coefficient (Wildman–Crippen LogP) is 7.04. The van der Waals surface area contributed by atoms with E-state index in [1.165, 1.54) is 6.07 Å². The molecule has 5 rings (SSSR count). The molecule has 0 spiro atoms. The number of hydrogen-bond acceptors (Lipinski definition) is 3. The molecule has 0 unspecified atom stereocenters. The van der Waals surface area contributed by atoms with Gasteiger partial charge in [-0.25, -0.2) is 4.98 Å². The van der Waals surface area contributed by atoms with E-state index in [2.05, 4.69) is 23.8 Å². The van der Waals surface area contributed by atoms with Crippen molar-refractivity contribution in [1.82, 2.24) is 9.97 Å². The summed E-state index contributed by atoms with van der Waals surface area (Å²) in [6, 6.07) is 13.1. The quantitative estimate of drug-likeness (QED) is 0.378. The minimum atomic E-state index is -2.29. The van der Waals surface area contributed by atoms with Crippen LogP contribution in [0.2, 0.25) is 0 Å². The molecule has 1 fully saturated rings. The summed E-state index contributed by atoms with van der Waals surface area (Å²) in [6.45, 7) is 2.26. The van der Waals surface area contributed by atoms with Gasteiger partial charge in [0.1, 0.15) is 5.58 Å². The van der Waals surface area contributed by atoms with Crippen molar-refractivity contribution in [3.8, 4) is 11.3 Å². The zero-order chi connectivity index (χ0) is 22.7. The SMILES string of the molecule is [2H]C([2H])([2H])c1ccc2c(n1)oc1c(-c3cc(C4([2H])CCC(C)(C)CC4)ccn3)cccc12. The molecule has 1 saturated carbocycles. The molecule has 28 heavy (non-hydrogen) atoms. The van der Waals surface area contributed by atoms with Crippen molar-refractivity contribution in [3.63, 3.8) is 0 Å². The zero-order valence-electron chi connectivity index (χ0n) is 20.2. The number of rotatable bonds is 2. The summed E-state index contributed by atoms with van der Waals surface area (Å²) in [5, 5.41) is 1.65. The molecule has 142 valence electrons. The third kappa shape index (κ3) is 2.99. The van der Waals surface area contributed by atoms with Crippen LogP contribution in [0.4, 0.5) is 0 Å². The molecule has 4 aromatic rings. The van der Waals surface area contributed by atoms with Crippen molar-refractivity contribution in [2.24, 2.45) is 5.41 Å². The Morgan fingerprint density at radius 2 is 1.96 bits per heavy atom. The predicted molar refractivity (Wildman–Crippen MR) is 114 cm³/mol. The van der Waals surface area contributed by atoms with E-state index in [4.69, 9.17) is 9.90 Å². The number of aromatic nitrogens is 2. The summed E-state index contributed by atoms with van der Waals surface area (Å²) in [5.41, 5.74) is 3.80. The summed E-state index contributed by atoms with van der Waals surface area (Å²) < 4.78 is 38.1. The first-order valence-electron chi connectivity index (χ1n) is 11.9. The first-order chi connectivity index (χ1) is 15.1. The summed E-state index contributed by atoms with van der Waals surface area (Å²) in [5.74, 6) is -0.606. The fourth-order valence-corrected chi connectivity index (χ4v) is 4.20. The Bertz CT molecular complexity index is 1310. The maximum absolute atomic E-state index is 9.12. The molecule has 1 aliphatic rings. The molecule has 0 saturated heterocycles. The van der Waals surface area contributed by atoms with Crippen LogP contribution < -0.4 is 0 Å². The van der Waals surface area contributed by atoms with Gasteiger partial charge in [-0.15, -0.1) is 0 Å². The van der Waals surface area contributed by atoms with Crippen molar-refractivity contribution in [1.29, 1.82) is 0 Å². The fourth-order valence-electron chi connectivity index (χ4n) is 4.20. The first kappa shape index (κ1) is 13.5. The third-order valence-electron chi connectivity index (χ3n) is 6.02. The number of fused-ring (bicyclic) bond motifs is 3. The highest BCUT2D eigenvalue weighted by molar-refractivity contribution is 6.08. The van der Waals surface area contributed by atoms with Gasteiger partial charge in [0.15, 0.2) is 0 Å². The standard InChI is InChI=1S/C25H26N2O/c1-16-7-8-20-19-5-4-6-21(23(19)28-24(20)27-16)22-15-18(11-14-26-22)17-9-12-25(2,3)13-10-17/h4-8,11,14-15,17H,9-10,12-13H2,1-3H3/i1D3,17D. The molecule has 3 heterocycles. The maximum Gasteiger partial charge on any atom is 0.227 e. The lowest BCUT2D eigenvalue weighted by molar-refractivity contribution is 0.224. The molecule has 0 bridgehead atoms. The van der Waals surface area contributed by atoms with Crippen molar-refractivity contribution in [2.75, 3.05) is 0 Å². The van der Waals surface area contributed by atoms with Crippen molar-refractivity contribution in [2.45, 2.75) is 52.3 Å². The van der Waals surface area contributed by atoms with Gasteiger partial charge in [-0.1, -0.05) is 26.0 Å². The minimum Gasteiger partial charge on any atom is -0.437 e. The Morgan fingerprint density at radius 1 is 1.11 bits per heavy atom.